The number of thiophene rings is 1. The van der Waals surface area contributed by atoms with Gasteiger partial charge in [-0.15, -0.1) is 11.3 Å². The molecule has 0 amide bonds. The molecule has 0 N–H and O–H groups in total. The number of hydrogen-bond donors (Lipinski definition) is 0. The van der Waals surface area contributed by atoms with Crippen molar-refractivity contribution in [2.75, 3.05) is 4.90 Å². The van der Waals surface area contributed by atoms with Crippen molar-refractivity contribution in [3.63, 3.8) is 0 Å². The lowest BCUT2D eigenvalue weighted by atomic mass is 9.97. The van der Waals surface area contributed by atoms with Crippen LogP contribution >= 0.6 is 11.3 Å². The van der Waals surface area contributed by atoms with Gasteiger partial charge in [-0.25, -0.2) is 0 Å². The van der Waals surface area contributed by atoms with E-state index in [9.17, 15) is 0 Å². The summed E-state index contributed by atoms with van der Waals surface area (Å²) in [7, 11) is 0. The Kier molecular flexibility index (Phi) is 6.39. The third-order valence-electron chi connectivity index (χ3n) is 9.67. The Morgan fingerprint density at radius 3 is 2.00 bits per heavy atom. The van der Waals surface area contributed by atoms with Gasteiger partial charge < -0.3 is 9.32 Å². The first-order valence-electron chi connectivity index (χ1n) is 16.6. The van der Waals surface area contributed by atoms with Gasteiger partial charge in [0, 0.05) is 37.3 Å². The van der Waals surface area contributed by atoms with Crippen LogP contribution in [-0.2, 0) is 0 Å². The second-order valence-electron chi connectivity index (χ2n) is 12.5. The van der Waals surface area contributed by atoms with Crippen LogP contribution in [0.4, 0.5) is 17.1 Å². The van der Waals surface area contributed by atoms with Crippen molar-refractivity contribution in [3.8, 4) is 22.3 Å². The second-order valence-corrected chi connectivity index (χ2v) is 13.5. The van der Waals surface area contributed by atoms with Gasteiger partial charge in [0.1, 0.15) is 11.2 Å². The molecule has 0 aliphatic carbocycles. The van der Waals surface area contributed by atoms with Crippen molar-refractivity contribution < 1.29 is 4.42 Å². The second kappa shape index (κ2) is 11.2. The fraction of sp³-hybridized carbons (Fsp3) is 0. The van der Waals surface area contributed by atoms with Crippen LogP contribution in [0.5, 0.6) is 0 Å². The smallest absolute Gasteiger partial charge is 0.135 e. The summed E-state index contributed by atoms with van der Waals surface area (Å²) in [6.07, 6.45) is 0. The number of furan rings is 1. The number of benzene rings is 8. The molecule has 3 heteroatoms. The third kappa shape index (κ3) is 4.55. The lowest BCUT2D eigenvalue weighted by Gasteiger charge is -2.28. The standard InChI is InChI=1S/C46H29NOS/c1-2-11-32(12-3-1)36-26-27-41(46-45(36)38-17-7-9-20-44(38)49-46)47(40-18-10-14-31-13-4-5-15-35(31)40)34-24-21-30(22-25-34)33-23-28-43-39(29-33)37-16-6-8-19-42(37)48-43/h1-29H. The van der Waals surface area contributed by atoms with E-state index in [2.05, 4.69) is 169 Å². The van der Waals surface area contributed by atoms with E-state index in [-0.39, 0.29) is 0 Å². The molecule has 230 valence electrons. The molecular formula is C46H29NOS. The quantitative estimate of drug-likeness (QED) is 0.186. The molecule has 0 radical (unpaired) electrons. The van der Waals surface area contributed by atoms with Gasteiger partial charge in [-0.3, -0.25) is 0 Å². The summed E-state index contributed by atoms with van der Waals surface area (Å²) >= 11 is 1.87. The number of anilines is 3. The van der Waals surface area contributed by atoms with Crippen molar-refractivity contribution >= 4 is 81.3 Å². The van der Waals surface area contributed by atoms with Crippen LogP contribution in [0.1, 0.15) is 0 Å². The van der Waals surface area contributed by atoms with Gasteiger partial charge in [0.2, 0.25) is 0 Å². The van der Waals surface area contributed by atoms with E-state index in [1.807, 2.05) is 23.5 Å². The number of nitrogens with zero attached hydrogens (tertiary/aromatic N) is 1. The first kappa shape index (κ1) is 27.9. The van der Waals surface area contributed by atoms with E-state index in [1.165, 1.54) is 58.9 Å². The molecule has 0 aliphatic heterocycles. The molecular weight excluding hydrogens is 615 g/mol. The highest BCUT2D eigenvalue weighted by molar-refractivity contribution is 7.26. The highest BCUT2D eigenvalue weighted by atomic mass is 32.1. The van der Waals surface area contributed by atoms with E-state index in [1.54, 1.807) is 0 Å². The van der Waals surface area contributed by atoms with Crippen LogP contribution in [0.3, 0.4) is 0 Å². The number of hydrogen-bond acceptors (Lipinski definition) is 3. The molecule has 0 spiro atoms. The molecule has 0 aliphatic rings. The first-order valence-corrected chi connectivity index (χ1v) is 17.4. The number of fused-ring (bicyclic) bond motifs is 7. The summed E-state index contributed by atoms with van der Waals surface area (Å²) in [6, 6.07) is 63.3. The predicted molar refractivity (Wildman–Crippen MR) is 210 cm³/mol. The van der Waals surface area contributed by atoms with Crippen LogP contribution in [0.25, 0.3) is 75.1 Å². The Bertz CT molecular complexity index is 2820. The van der Waals surface area contributed by atoms with Crippen LogP contribution in [0.2, 0.25) is 0 Å². The molecule has 10 aromatic rings. The van der Waals surface area contributed by atoms with E-state index < -0.39 is 0 Å². The van der Waals surface area contributed by atoms with Crippen molar-refractivity contribution in [1.29, 1.82) is 0 Å². The van der Waals surface area contributed by atoms with Gasteiger partial charge in [-0.2, -0.15) is 0 Å². The van der Waals surface area contributed by atoms with Gasteiger partial charge in [0.15, 0.2) is 0 Å². The van der Waals surface area contributed by atoms with E-state index in [0.29, 0.717) is 0 Å². The molecule has 0 atom stereocenters. The fourth-order valence-corrected chi connectivity index (χ4v) is 8.60. The van der Waals surface area contributed by atoms with Gasteiger partial charge in [-0.05, 0) is 76.2 Å². The Morgan fingerprint density at radius 1 is 0.429 bits per heavy atom. The summed E-state index contributed by atoms with van der Waals surface area (Å²) in [5.74, 6) is 0. The summed E-state index contributed by atoms with van der Waals surface area (Å²) in [5.41, 5.74) is 10.1. The molecule has 49 heavy (non-hydrogen) atoms. The zero-order valence-corrected chi connectivity index (χ0v) is 27.3. The summed E-state index contributed by atoms with van der Waals surface area (Å²) < 4.78 is 8.68. The zero-order valence-electron chi connectivity index (χ0n) is 26.5. The fourth-order valence-electron chi connectivity index (χ4n) is 7.37. The Balaban J connectivity index is 1.19. The SMILES string of the molecule is c1ccc(-c2ccc(N(c3ccc(-c4ccc5oc6ccccc6c5c4)cc3)c3cccc4ccccc34)c3sc4ccccc4c23)cc1. The Morgan fingerprint density at radius 2 is 1.12 bits per heavy atom. The van der Waals surface area contributed by atoms with E-state index in [4.69, 9.17) is 4.42 Å². The minimum atomic E-state index is 0.912. The minimum Gasteiger partial charge on any atom is -0.456 e. The van der Waals surface area contributed by atoms with Crippen LogP contribution in [0, 0.1) is 0 Å². The summed E-state index contributed by atoms with van der Waals surface area (Å²) in [6.45, 7) is 0. The van der Waals surface area contributed by atoms with Crippen molar-refractivity contribution in [1.82, 2.24) is 0 Å². The molecule has 10 rings (SSSR count). The third-order valence-corrected chi connectivity index (χ3v) is 10.9. The van der Waals surface area contributed by atoms with Crippen molar-refractivity contribution in [2.45, 2.75) is 0 Å². The van der Waals surface area contributed by atoms with E-state index in [0.717, 1.165) is 33.3 Å². The first-order chi connectivity index (χ1) is 24.3. The maximum Gasteiger partial charge on any atom is 0.135 e. The average Bonchev–Trinajstić information content (AvgIpc) is 3.75. The highest BCUT2D eigenvalue weighted by Gasteiger charge is 2.22. The summed E-state index contributed by atoms with van der Waals surface area (Å²) in [5, 5.41) is 7.30. The molecule has 2 nitrogen and oxygen atoms in total. The monoisotopic (exact) mass is 643 g/mol. The normalized spacial score (nSPS) is 11.7. The lowest BCUT2D eigenvalue weighted by molar-refractivity contribution is 0.669. The molecule has 0 saturated heterocycles. The predicted octanol–water partition coefficient (Wildman–Crippen LogP) is 13.9. The molecule has 0 unspecified atom stereocenters. The number of para-hydroxylation sites is 1. The van der Waals surface area contributed by atoms with E-state index >= 15 is 0 Å². The molecule has 0 fully saturated rings. The number of rotatable bonds is 5. The molecule has 8 aromatic carbocycles. The molecule has 2 heterocycles. The Labute approximate surface area is 287 Å². The van der Waals surface area contributed by atoms with Gasteiger partial charge in [-0.1, -0.05) is 127 Å². The van der Waals surface area contributed by atoms with Crippen LogP contribution in [0.15, 0.2) is 180 Å². The highest BCUT2D eigenvalue weighted by Crippen LogP contribution is 2.49. The largest absolute Gasteiger partial charge is 0.456 e. The van der Waals surface area contributed by atoms with Crippen molar-refractivity contribution in [3.05, 3.63) is 176 Å². The summed E-state index contributed by atoms with van der Waals surface area (Å²) in [4.78, 5) is 2.45. The van der Waals surface area contributed by atoms with Crippen molar-refractivity contribution in [2.24, 2.45) is 0 Å². The van der Waals surface area contributed by atoms with Gasteiger partial charge in [0.25, 0.3) is 0 Å². The molecule has 2 aromatic heterocycles. The van der Waals surface area contributed by atoms with Gasteiger partial charge in [0.05, 0.1) is 16.1 Å². The lowest BCUT2D eigenvalue weighted by Crippen LogP contribution is -2.10. The maximum absolute atomic E-state index is 6.11. The molecule has 0 bridgehead atoms. The van der Waals surface area contributed by atoms with Crippen LogP contribution in [-0.4, -0.2) is 0 Å². The average molecular weight is 644 g/mol. The topological polar surface area (TPSA) is 16.4 Å². The maximum atomic E-state index is 6.11. The molecule has 0 saturated carbocycles. The Hall–Kier alpha value is -6.16. The van der Waals surface area contributed by atoms with Crippen LogP contribution < -0.4 is 4.90 Å². The minimum absolute atomic E-state index is 0.912. The van der Waals surface area contributed by atoms with Gasteiger partial charge >= 0.3 is 0 Å². The zero-order chi connectivity index (χ0) is 32.3.